The molecule has 1 aromatic carbocycles. The van der Waals surface area contributed by atoms with Crippen molar-refractivity contribution in [1.29, 1.82) is 5.26 Å². The Balaban J connectivity index is 2.23. The van der Waals surface area contributed by atoms with Gasteiger partial charge in [-0.15, -0.1) is 0 Å². The van der Waals surface area contributed by atoms with E-state index in [9.17, 15) is 4.79 Å². The van der Waals surface area contributed by atoms with Gasteiger partial charge in [0.25, 0.3) is 5.91 Å². The minimum Gasteiger partial charge on any atom is -0.304 e. The predicted octanol–water partition coefficient (Wildman–Crippen LogP) is 1.84. The molecule has 0 bridgehead atoms. The first-order chi connectivity index (χ1) is 8.22. The summed E-state index contributed by atoms with van der Waals surface area (Å²) in [6, 6.07) is 10.8. The number of hydrogen-bond donors (Lipinski definition) is 2. The number of aromatic amines is 1. The Morgan fingerprint density at radius 2 is 2.12 bits per heavy atom. The van der Waals surface area contributed by atoms with Crippen molar-refractivity contribution in [3.05, 3.63) is 47.2 Å². The van der Waals surface area contributed by atoms with E-state index in [-0.39, 0.29) is 11.7 Å². The van der Waals surface area contributed by atoms with Crippen LogP contribution < -0.4 is 5.32 Å². The molecule has 5 nitrogen and oxygen atoms in total. The van der Waals surface area contributed by atoms with Gasteiger partial charge in [0.05, 0.1) is 5.69 Å². The fourth-order valence-corrected chi connectivity index (χ4v) is 1.43. The first kappa shape index (κ1) is 10.9. The number of anilines is 1. The van der Waals surface area contributed by atoms with Crippen molar-refractivity contribution in [3.63, 3.8) is 0 Å². The molecule has 0 atom stereocenters. The molecule has 0 saturated carbocycles. The van der Waals surface area contributed by atoms with Crippen LogP contribution in [0, 0.1) is 18.3 Å². The second kappa shape index (κ2) is 4.49. The summed E-state index contributed by atoms with van der Waals surface area (Å²) in [4.78, 5) is 11.8. The van der Waals surface area contributed by atoms with Crippen molar-refractivity contribution in [3.8, 4) is 6.07 Å². The van der Waals surface area contributed by atoms with Crippen LogP contribution in [0.15, 0.2) is 30.3 Å². The zero-order chi connectivity index (χ0) is 12.3. The Hall–Kier alpha value is -2.61. The lowest BCUT2D eigenvalue weighted by Crippen LogP contribution is -2.12. The Bertz CT molecular complexity index is 580. The third kappa shape index (κ3) is 2.16. The molecule has 1 aromatic heterocycles. The summed E-state index contributed by atoms with van der Waals surface area (Å²) >= 11 is 0. The summed E-state index contributed by atoms with van der Waals surface area (Å²) in [6.45, 7) is 1.73. The van der Waals surface area contributed by atoms with Crippen molar-refractivity contribution >= 4 is 11.7 Å². The second-order valence-electron chi connectivity index (χ2n) is 3.50. The second-order valence-corrected chi connectivity index (χ2v) is 3.50. The summed E-state index contributed by atoms with van der Waals surface area (Å²) in [7, 11) is 0. The SMILES string of the molecule is Cc1[nH]nc(NC(=O)c2ccccc2)c1C#N. The molecule has 2 rings (SSSR count). The first-order valence-corrected chi connectivity index (χ1v) is 5.04. The normalized spacial score (nSPS) is 9.65. The molecule has 17 heavy (non-hydrogen) atoms. The van der Waals surface area contributed by atoms with Gasteiger partial charge >= 0.3 is 0 Å². The van der Waals surface area contributed by atoms with Crippen molar-refractivity contribution in [2.24, 2.45) is 0 Å². The van der Waals surface area contributed by atoms with Crippen LogP contribution in [-0.2, 0) is 0 Å². The van der Waals surface area contributed by atoms with Crippen LogP contribution in [0.25, 0.3) is 0 Å². The molecule has 5 heteroatoms. The third-order valence-electron chi connectivity index (χ3n) is 2.33. The summed E-state index contributed by atoms with van der Waals surface area (Å²) in [5.41, 5.74) is 1.52. The molecule has 0 saturated heterocycles. The number of nitriles is 1. The standard InChI is InChI=1S/C12H10N4O/c1-8-10(7-13)11(16-15-8)14-12(17)9-5-3-2-4-6-9/h2-6H,1H3,(H2,14,15,16,17). The van der Waals surface area contributed by atoms with Crippen molar-refractivity contribution in [1.82, 2.24) is 10.2 Å². The largest absolute Gasteiger partial charge is 0.304 e. The number of nitrogens with one attached hydrogen (secondary N) is 2. The lowest BCUT2D eigenvalue weighted by molar-refractivity contribution is 0.102. The molecule has 0 aliphatic carbocycles. The molecule has 0 radical (unpaired) electrons. The Labute approximate surface area is 98.1 Å². The molecule has 1 amide bonds. The minimum atomic E-state index is -0.284. The van der Waals surface area contributed by atoms with E-state index in [1.807, 2.05) is 12.1 Å². The molecule has 2 aromatic rings. The average molecular weight is 226 g/mol. The molecule has 0 aliphatic rings. The van der Waals surface area contributed by atoms with Gasteiger partial charge in [-0.05, 0) is 19.1 Å². The van der Waals surface area contributed by atoms with E-state index < -0.39 is 0 Å². The maximum absolute atomic E-state index is 11.8. The van der Waals surface area contributed by atoms with Crippen LogP contribution in [-0.4, -0.2) is 16.1 Å². The highest BCUT2D eigenvalue weighted by Crippen LogP contribution is 2.15. The smallest absolute Gasteiger partial charge is 0.256 e. The van der Waals surface area contributed by atoms with E-state index in [4.69, 9.17) is 5.26 Å². The van der Waals surface area contributed by atoms with E-state index in [2.05, 4.69) is 15.5 Å². The number of hydrogen-bond acceptors (Lipinski definition) is 3. The lowest BCUT2D eigenvalue weighted by atomic mass is 10.2. The van der Waals surface area contributed by atoms with Gasteiger partial charge in [0.1, 0.15) is 11.6 Å². The number of H-pyrrole nitrogens is 1. The lowest BCUT2D eigenvalue weighted by Gasteiger charge is -2.01. The van der Waals surface area contributed by atoms with Gasteiger partial charge in [0.15, 0.2) is 5.82 Å². The molecule has 0 spiro atoms. The van der Waals surface area contributed by atoms with Gasteiger partial charge in [-0.3, -0.25) is 9.89 Å². The Morgan fingerprint density at radius 3 is 2.76 bits per heavy atom. The Morgan fingerprint density at radius 1 is 1.41 bits per heavy atom. The number of amides is 1. The maximum atomic E-state index is 11.8. The minimum absolute atomic E-state index is 0.263. The van der Waals surface area contributed by atoms with Gasteiger partial charge < -0.3 is 5.32 Å². The number of aryl methyl sites for hydroxylation is 1. The fraction of sp³-hybridized carbons (Fsp3) is 0.0833. The van der Waals surface area contributed by atoms with E-state index in [0.29, 0.717) is 16.8 Å². The number of benzene rings is 1. The van der Waals surface area contributed by atoms with Gasteiger partial charge in [-0.1, -0.05) is 18.2 Å². The predicted molar refractivity (Wildman–Crippen MR) is 62.4 cm³/mol. The van der Waals surface area contributed by atoms with Crippen molar-refractivity contribution in [2.45, 2.75) is 6.92 Å². The molecule has 0 fully saturated rings. The van der Waals surface area contributed by atoms with Gasteiger partial charge in [-0.2, -0.15) is 10.4 Å². The van der Waals surface area contributed by atoms with Gasteiger partial charge in [0, 0.05) is 5.56 Å². The number of nitrogens with zero attached hydrogens (tertiary/aromatic N) is 2. The number of carbonyl (C=O) groups is 1. The molecule has 84 valence electrons. The summed E-state index contributed by atoms with van der Waals surface area (Å²) < 4.78 is 0. The van der Waals surface area contributed by atoms with Crippen molar-refractivity contribution in [2.75, 3.05) is 5.32 Å². The first-order valence-electron chi connectivity index (χ1n) is 5.04. The van der Waals surface area contributed by atoms with Crippen LogP contribution in [0.2, 0.25) is 0 Å². The van der Waals surface area contributed by atoms with Gasteiger partial charge in [0.2, 0.25) is 0 Å². The number of rotatable bonds is 2. The van der Waals surface area contributed by atoms with E-state index in [1.165, 1.54) is 0 Å². The average Bonchev–Trinajstić information content (AvgIpc) is 2.71. The van der Waals surface area contributed by atoms with Crippen LogP contribution in [0.3, 0.4) is 0 Å². The molecular formula is C12H10N4O. The summed E-state index contributed by atoms with van der Waals surface area (Å²) in [5.74, 6) is -0.0209. The monoisotopic (exact) mass is 226 g/mol. The molecule has 0 unspecified atom stereocenters. The fourth-order valence-electron chi connectivity index (χ4n) is 1.43. The van der Waals surface area contributed by atoms with E-state index >= 15 is 0 Å². The Kier molecular flexibility index (Phi) is 2.88. The number of carbonyl (C=O) groups excluding carboxylic acids is 1. The van der Waals surface area contributed by atoms with Crippen LogP contribution in [0.1, 0.15) is 21.6 Å². The number of aromatic nitrogens is 2. The maximum Gasteiger partial charge on any atom is 0.256 e. The molecular weight excluding hydrogens is 216 g/mol. The van der Waals surface area contributed by atoms with Gasteiger partial charge in [-0.25, -0.2) is 0 Å². The highest BCUT2D eigenvalue weighted by Gasteiger charge is 2.13. The van der Waals surface area contributed by atoms with Crippen LogP contribution in [0.5, 0.6) is 0 Å². The molecule has 1 heterocycles. The van der Waals surface area contributed by atoms with Crippen molar-refractivity contribution < 1.29 is 4.79 Å². The summed E-state index contributed by atoms with van der Waals surface area (Å²) in [6.07, 6.45) is 0. The van der Waals surface area contributed by atoms with Crippen LogP contribution in [0.4, 0.5) is 5.82 Å². The zero-order valence-electron chi connectivity index (χ0n) is 9.19. The van der Waals surface area contributed by atoms with E-state index in [1.54, 1.807) is 31.2 Å². The third-order valence-corrected chi connectivity index (χ3v) is 2.33. The molecule has 2 N–H and O–H groups in total. The van der Waals surface area contributed by atoms with E-state index in [0.717, 1.165) is 0 Å². The van der Waals surface area contributed by atoms with Crippen LogP contribution >= 0.6 is 0 Å². The zero-order valence-corrected chi connectivity index (χ0v) is 9.19. The molecule has 0 aliphatic heterocycles. The quantitative estimate of drug-likeness (QED) is 0.819. The highest BCUT2D eigenvalue weighted by atomic mass is 16.1. The topological polar surface area (TPSA) is 81.6 Å². The summed E-state index contributed by atoms with van der Waals surface area (Å²) in [5, 5.41) is 18.0. The highest BCUT2D eigenvalue weighted by molar-refractivity contribution is 6.04.